The van der Waals surface area contributed by atoms with E-state index in [0.717, 1.165) is 17.7 Å². The summed E-state index contributed by atoms with van der Waals surface area (Å²) in [5, 5.41) is 2.91. The predicted octanol–water partition coefficient (Wildman–Crippen LogP) is 1.80. The minimum atomic E-state index is -3.01. The van der Waals surface area contributed by atoms with Gasteiger partial charge in [0.05, 0.1) is 17.5 Å². The van der Waals surface area contributed by atoms with Crippen molar-refractivity contribution in [1.82, 2.24) is 10.2 Å². The number of halogens is 1. The Morgan fingerprint density at radius 1 is 1.32 bits per heavy atom. The van der Waals surface area contributed by atoms with E-state index >= 15 is 0 Å². The van der Waals surface area contributed by atoms with Crippen LogP contribution in [0.5, 0.6) is 0 Å². The summed E-state index contributed by atoms with van der Waals surface area (Å²) < 4.78 is 36.6. The Morgan fingerprint density at radius 3 is 2.77 bits per heavy atom. The van der Waals surface area contributed by atoms with E-state index in [9.17, 15) is 17.6 Å². The standard InChI is InChI=1S/C14H17FN2O3S2/c15-11-3-1-2-10-12(4-7-21-13(10)11)16-14(18)17-5-8-22(19,20)9-6-17/h1-3,12H,4-9H2,(H,16,18)/t12-/m1/s1. The Labute approximate surface area is 133 Å². The molecule has 120 valence electrons. The zero-order chi connectivity index (χ0) is 15.7. The Morgan fingerprint density at radius 2 is 2.05 bits per heavy atom. The molecule has 1 aromatic rings. The highest BCUT2D eigenvalue weighted by molar-refractivity contribution is 7.99. The zero-order valence-electron chi connectivity index (χ0n) is 11.9. The molecule has 2 aliphatic heterocycles. The van der Waals surface area contributed by atoms with Crippen molar-refractivity contribution in [3.8, 4) is 0 Å². The Kier molecular flexibility index (Phi) is 4.31. The van der Waals surface area contributed by atoms with Crippen molar-refractivity contribution >= 4 is 27.6 Å². The van der Waals surface area contributed by atoms with Crippen molar-refractivity contribution in [1.29, 1.82) is 0 Å². The number of sulfone groups is 1. The summed E-state index contributed by atoms with van der Waals surface area (Å²) in [6.07, 6.45) is 0.735. The second kappa shape index (κ2) is 6.08. The molecule has 1 atom stereocenters. The summed E-state index contributed by atoms with van der Waals surface area (Å²) in [6, 6.07) is 4.40. The molecule has 2 amide bonds. The van der Waals surface area contributed by atoms with Crippen molar-refractivity contribution < 1.29 is 17.6 Å². The molecule has 22 heavy (non-hydrogen) atoms. The van der Waals surface area contributed by atoms with Gasteiger partial charge < -0.3 is 10.2 Å². The number of nitrogens with zero attached hydrogens (tertiary/aromatic N) is 1. The zero-order valence-corrected chi connectivity index (χ0v) is 13.6. The fraction of sp³-hybridized carbons (Fsp3) is 0.500. The van der Waals surface area contributed by atoms with Crippen LogP contribution < -0.4 is 5.32 Å². The Balaban J connectivity index is 1.70. The molecule has 0 saturated carbocycles. The van der Waals surface area contributed by atoms with Crippen molar-refractivity contribution in [2.24, 2.45) is 0 Å². The molecule has 8 heteroatoms. The number of urea groups is 1. The predicted molar refractivity (Wildman–Crippen MR) is 83.2 cm³/mol. The highest BCUT2D eigenvalue weighted by Gasteiger charge is 2.29. The lowest BCUT2D eigenvalue weighted by Crippen LogP contribution is -2.49. The van der Waals surface area contributed by atoms with E-state index in [1.165, 1.54) is 22.7 Å². The van der Waals surface area contributed by atoms with Gasteiger partial charge in [-0.05, 0) is 18.1 Å². The van der Waals surface area contributed by atoms with Gasteiger partial charge in [-0.2, -0.15) is 0 Å². The molecule has 5 nitrogen and oxygen atoms in total. The number of hydrogen-bond donors (Lipinski definition) is 1. The summed E-state index contributed by atoms with van der Waals surface area (Å²) in [4.78, 5) is 14.4. The summed E-state index contributed by atoms with van der Waals surface area (Å²) >= 11 is 1.46. The molecule has 1 saturated heterocycles. The molecule has 0 spiro atoms. The molecule has 0 bridgehead atoms. The first-order valence-electron chi connectivity index (χ1n) is 7.13. The van der Waals surface area contributed by atoms with Gasteiger partial charge in [-0.15, -0.1) is 11.8 Å². The van der Waals surface area contributed by atoms with Crippen LogP contribution in [0, 0.1) is 5.82 Å². The van der Waals surface area contributed by atoms with Gasteiger partial charge in [-0.1, -0.05) is 12.1 Å². The van der Waals surface area contributed by atoms with Crippen LogP contribution in [0.25, 0.3) is 0 Å². The van der Waals surface area contributed by atoms with E-state index in [-0.39, 0.29) is 42.5 Å². The number of benzene rings is 1. The van der Waals surface area contributed by atoms with E-state index in [1.807, 2.05) is 6.07 Å². The van der Waals surface area contributed by atoms with Crippen LogP contribution in [0.4, 0.5) is 9.18 Å². The highest BCUT2D eigenvalue weighted by atomic mass is 32.2. The molecule has 0 aromatic heterocycles. The van der Waals surface area contributed by atoms with Crippen molar-refractivity contribution in [3.63, 3.8) is 0 Å². The van der Waals surface area contributed by atoms with Crippen LogP contribution in [0.1, 0.15) is 18.0 Å². The topological polar surface area (TPSA) is 66.5 Å². The van der Waals surface area contributed by atoms with Crippen LogP contribution in [-0.4, -0.2) is 49.7 Å². The lowest BCUT2D eigenvalue weighted by Gasteiger charge is -2.31. The number of carbonyl (C=O) groups excluding carboxylic acids is 1. The minimum Gasteiger partial charge on any atom is -0.331 e. The van der Waals surface area contributed by atoms with E-state index in [1.54, 1.807) is 6.07 Å². The van der Waals surface area contributed by atoms with Gasteiger partial charge in [0, 0.05) is 23.7 Å². The number of carbonyl (C=O) groups is 1. The normalized spacial score (nSPS) is 23.7. The first-order valence-corrected chi connectivity index (χ1v) is 9.94. The molecule has 1 aromatic carbocycles. The Hall–Kier alpha value is -1.28. The van der Waals surface area contributed by atoms with Crippen LogP contribution in [0.3, 0.4) is 0 Å². The van der Waals surface area contributed by atoms with E-state index < -0.39 is 9.84 Å². The number of thioether (sulfide) groups is 1. The monoisotopic (exact) mass is 344 g/mol. The summed E-state index contributed by atoms with van der Waals surface area (Å²) in [5.41, 5.74) is 0.800. The van der Waals surface area contributed by atoms with Gasteiger partial charge in [0.15, 0.2) is 9.84 Å². The molecular weight excluding hydrogens is 327 g/mol. The third-order valence-corrected chi connectivity index (χ3v) is 6.72. The van der Waals surface area contributed by atoms with Gasteiger partial charge >= 0.3 is 6.03 Å². The highest BCUT2D eigenvalue weighted by Crippen LogP contribution is 2.37. The van der Waals surface area contributed by atoms with Crippen LogP contribution in [-0.2, 0) is 9.84 Å². The fourth-order valence-electron chi connectivity index (χ4n) is 2.69. The van der Waals surface area contributed by atoms with Crippen molar-refractivity contribution in [3.05, 3.63) is 29.6 Å². The lowest BCUT2D eigenvalue weighted by molar-refractivity contribution is 0.197. The number of hydrogen-bond acceptors (Lipinski definition) is 4. The molecule has 3 rings (SSSR count). The maximum Gasteiger partial charge on any atom is 0.317 e. The van der Waals surface area contributed by atoms with Crippen molar-refractivity contribution in [2.45, 2.75) is 17.4 Å². The molecular formula is C14H17FN2O3S2. The summed E-state index contributed by atoms with van der Waals surface area (Å²) in [7, 11) is -3.01. The second-order valence-electron chi connectivity index (χ2n) is 5.44. The molecule has 0 aliphatic carbocycles. The van der Waals surface area contributed by atoms with Gasteiger partial charge in [-0.3, -0.25) is 0 Å². The molecule has 0 radical (unpaired) electrons. The van der Waals surface area contributed by atoms with Gasteiger partial charge in [0.25, 0.3) is 0 Å². The van der Waals surface area contributed by atoms with Crippen molar-refractivity contribution in [2.75, 3.05) is 30.3 Å². The largest absolute Gasteiger partial charge is 0.331 e. The van der Waals surface area contributed by atoms with Gasteiger partial charge in [0.1, 0.15) is 5.82 Å². The smallest absolute Gasteiger partial charge is 0.317 e. The number of fused-ring (bicyclic) bond motifs is 1. The minimum absolute atomic E-state index is 0.00610. The summed E-state index contributed by atoms with van der Waals surface area (Å²) in [6.45, 7) is 0.428. The summed E-state index contributed by atoms with van der Waals surface area (Å²) in [5.74, 6) is 0.497. The maximum absolute atomic E-state index is 13.8. The fourth-order valence-corrected chi connectivity index (χ4v) is 5.03. The van der Waals surface area contributed by atoms with Crippen LogP contribution in [0.2, 0.25) is 0 Å². The second-order valence-corrected chi connectivity index (χ2v) is 8.85. The van der Waals surface area contributed by atoms with E-state index in [0.29, 0.717) is 4.90 Å². The van der Waals surface area contributed by atoms with Crippen LogP contribution >= 0.6 is 11.8 Å². The maximum atomic E-state index is 13.8. The number of nitrogens with one attached hydrogen (secondary N) is 1. The first kappa shape index (κ1) is 15.6. The van der Waals surface area contributed by atoms with E-state index in [2.05, 4.69) is 5.32 Å². The molecule has 1 fully saturated rings. The number of amides is 2. The van der Waals surface area contributed by atoms with E-state index in [4.69, 9.17) is 0 Å². The molecule has 2 heterocycles. The SMILES string of the molecule is O=C(N[C@@H]1CCSc2c(F)cccc21)N1CCS(=O)(=O)CC1. The van der Waals surface area contributed by atoms with Crippen LogP contribution in [0.15, 0.2) is 23.1 Å². The average Bonchev–Trinajstić information content (AvgIpc) is 2.48. The quantitative estimate of drug-likeness (QED) is 0.844. The Bertz CT molecular complexity index is 679. The lowest BCUT2D eigenvalue weighted by atomic mass is 10.0. The number of rotatable bonds is 1. The molecule has 1 N–H and O–H groups in total. The van der Waals surface area contributed by atoms with Gasteiger partial charge in [0.2, 0.25) is 0 Å². The van der Waals surface area contributed by atoms with Gasteiger partial charge in [-0.25, -0.2) is 17.6 Å². The molecule has 0 unspecified atom stereocenters. The first-order chi connectivity index (χ1) is 10.5. The molecule has 2 aliphatic rings. The third-order valence-electron chi connectivity index (χ3n) is 3.96. The average molecular weight is 344 g/mol. The third kappa shape index (κ3) is 3.22.